The maximum atomic E-state index is 12.3. The van der Waals surface area contributed by atoms with Crippen molar-refractivity contribution in [1.82, 2.24) is 10.2 Å². The quantitative estimate of drug-likeness (QED) is 0.662. The zero-order valence-corrected chi connectivity index (χ0v) is 17.1. The highest BCUT2D eigenvalue weighted by Gasteiger charge is 2.21. The van der Waals surface area contributed by atoms with E-state index in [1.165, 1.54) is 12.5 Å². The lowest BCUT2D eigenvalue weighted by Crippen LogP contribution is -2.49. The number of hydrogen-bond acceptors (Lipinski definition) is 4. The second-order valence-electron chi connectivity index (χ2n) is 7.67. The van der Waals surface area contributed by atoms with E-state index < -0.39 is 0 Å². The van der Waals surface area contributed by atoms with E-state index in [0.29, 0.717) is 11.3 Å². The Balaban J connectivity index is 1.36. The van der Waals surface area contributed by atoms with Crippen LogP contribution in [0.5, 0.6) is 5.75 Å². The number of nitrogens with one attached hydrogen (secondary N) is 1. The molecule has 0 aromatic heterocycles. The summed E-state index contributed by atoms with van der Waals surface area (Å²) in [5.74, 6) is 0.507. The van der Waals surface area contributed by atoms with Gasteiger partial charge in [0.25, 0.3) is 5.91 Å². The summed E-state index contributed by atoms with van der Waals surface area (Å²) in [4.78, 5) is 26.0. The van der Waals surface area contributed by atoms with Crippen molar-refractivity contribution in [2.75, 3.05) is 26.2 Å². The summed E-state index contributed by atoms with van der Waals surface area (Å²) in [6, 6.07) is 17.6. The number of ketones is 1. The molecule has 5 nitrogen and oxygen atoms in total. The van der Waals surface area contributed by atoms with Crippen LogP contribution in [-0.2, 0) is 11.2 Å². The number of hydrogen-bond donors (Lipinski definition) is 1. The number of carbonyl (C=O) groups excluding carboxylic acids is 2. The summed E-state index contributed by atoms with van der Waals surface area (Å²) < 4.78 is 5.55. The summed E-state index contributed by atoms with van der Waals surface area (Å²) in [5.41, 5.74) is 2.01. The van der Waals surface area contributed by atoms with E-state index in [-0.39, 0.29) is 24.3 Å². The van der Waals surface area contributed by atoms with Crippen LogP contribution in [0.2, 0.25) is 0 Å². The monoisotopic (exact) mass is 394 g/mol. The van der Waals surface area contributed by atoms with Crippen molar-refractivity contribution in [2.24, 2.45) is 0 Å². The molecule has 5 heteroatoms. The topological polar surface area (TPSA) is 58.6 Å². The van der Waals surface area contributed by atoms with Crippen molar-refractivity contribution in [3.8, 4) is 5.75 Å². The molecular formula is C24H30N2O3. The second kappa shape index (κ2) is 10.8. The number of piperidine rings is 1. The van der Waals surface area contributed by atoms with Gasteiger partial charge in [0.15, 0.2) is 12.4 Å². The average Bonchev–Trinajstić information content (AvgIpc) is 2.74. The van der Waals surface area contributed by atoms with Crippen LogP contribution in [0.4, 0.5) is 0 Å². The van der Waals surface area contributed by atoms with Crippen molar-refractivity contribution in [2.45, 2.75) is 38.6 Å². The first-order valence-corrected chi connectivity index (χ1v) is 10.4. The first-order valence-electron chi connectivity index (χ1n) is 10.4. The molecule has 0 bridgehead atoms. The van der Waals surface area contributed by atoms with Crippen LogP contribution in [0.1, 0.15) is 42.1 Å². The molecular weight excluding hydrogens is 364 g/mol. The van der Waals surface area contributed by atoms with Crippen LogP contribution in [0.25, 0.3) is 0 Å². The number of aryl methyl sites for hydroxylation is 1. The van der Waals surface area contributed by atoms with Crippen LogP contribution in [-0.4, -0.2) is 48.9 Å². The molecule has 1 N–H and O–H groups in total. The molecule has 1 aliphatic rings. The molecule has 2 aromatic rings. The van der Waals surface area contributed by atoms with Crippen molar-refractivity contribution in [3.05, 3.63) is 65.7 Å². The lowest BCUT2D eigenvalue weighted by molar-refractivity contribution is -0.124. The van der Waals surface area contributed by atoms with E-state index in [4.69, 9.17) is 4.74 Å². The predicted molar refractivity (Wildman–Crippen MR) is 114 cm³/mol. The Morgan fingerprint density at radius 2 is 1.86 bits per heavy atom. The van der Waals surface area contributed by atoms with Gasteiger partial charge in [0.1, 0.15) is 5.75 Å². The summed E-state index contributed by atoms with van der Waals surface area (Å²) in [5, 5.41) is 3.10. The molecule has 29 heavy (non-hydrogen) atoms. The van der Waals surface area contributed by atoms with Gasteiger partial charge in [-0.3, -0.25) is 9.59 Å². The predicted octanol–water partition coefficient (Wildman–Crippen LogP) is 3.48. The van der Waals surface area contributed by atoms with Crippen LogP contribution < -0.4 is 10.1 Å². The fourth-order valence-corrected chi connectivity index (χ4v) is 3.73. The van der Waals surface area contributed by atoms with Crippen molar-refractivity contribution in [3.63, 3.8) is 0 Å². The number of Topliss-reactive ketones (excluding diaryl/α,β-unsaturated/α-hetero) is 1. The SMILES string of the molecule is CC(=O)c1ccc(OCC(=O)N[C@@H]2CCCN(CCCc3ccccc3)C2)cc1. The van der Waals surface area contributed by atoms with E-state index in [0.717, 1.165) is 45.3 Å². The first kappa shape index (κ1) is 21.1. The van der Waals surface area contributed by atoms with Gasteiger partial charge in [0.2, 0.25) is 0 Å². The molecule has 1 amide bonds. The van der Waals surface area contributed by atoms with Crippen LogP contribution >= 0.6 is 0 Å². The minimum Gasteiger partial charge on any atom is -0.484 e. The molecule has 0 aliphatic carbocycles. The molecule has 2 aromatic carbocycles. The zero-order chi connectivity index (χ0) is 20.5. The van der Waals surface area contributed by atoms with Gasteiger partial charge in [-0.25, -0.2) is 0 Å². The number of rotatable bonds is 9. The molecule has 1 saturated heterocycles. The first-order chi connectivity index (χ1) is 14.1. The Morgan fingerprint density at radius 1 is 1.10 bits per heavy atom. The molecule has 1 heterocycles. The summed E-state index contributed by atoms with van der Waals surface area (Å²) in [6.45, 7) is 4.57. The van der Waals surface area contributed by atoms with Crippen molar-refractivity contribution in [1.29, 1.82) is 0 Å². The lowest BCUT2D eigenvalue weighted by Gasteiger charge is -2.33. The van der Waals surface area contributed by atoms with E-state index in [1.807, 2.05) is 6.07 Å². The Kier molecular flexibility index (Phi) is 7.82. The van der Waals surface area contributed by atoms with Gasteiger partial charge >= 0.3 is 0 Å². The maximum absolute atomic E-state index is 12.3. The highest BCUT2D eigenvalue weighted by atomic mass is 16.5. The average molecular weight is 395 g/mol. The number of likely N-dealkylation sites (tertiary alicyclic amines) is 1. The summed E-state index contributed by atoms with van der Waals surface area (Å²) in [6.07, 6.45) is 4.33. The van der Waals surface area contributed by atoms with Gasteiger partial charge in [-0.05, 0) is 75.5 Å². The van der Waals surface area contributed by atoms with Gasteiger partial charge in [0.05, 0.1) is 0 Å². The van der Waals surface area contributed by atoms with Crippen molar-refractivity contribution >= 4 is 11.7 Å². The van der Waals surface area contributed by atoms with E-state index in [9.17, 15) is 9.59 Å². The smallest absolute Gasteiger partial charge is 0.258 e. The van der Waals surface area contributed by atoms with Gasteiger partial charge in [-0.2, -0.15) is 0 Å². The van der Waals surface area contributed by atoms with E-state index in [2.05, 4.69) is 34.5 Å². The van der Waals surface area contributed by atoms with Crippen LogP contribution in [0.3, 0.4) is 0 Å². The van der Waals surface area contributed by atoms with Gasteiger partial charge < -0.3 is 15.0 Å². The molecule has 0 radical (unpaired) electrons. The number of benzene rings is 2. The van der Waals surface area contributed by atoms with Crippen molar-refractivity contribution < 1.29 is 14.3 Å². The highest BCUT2D eigenvalue weighted by Crippen LogP contribution is 2.14. The summed E-state index contributed by atoms with van der Waals surface area (Å²) in [7, 11) is 0. The third kappa shape index (κ3) is 7.02. The number of amides is 1. The minimum absolute atomic E-state index is 0.00999. The fraction of sp³-hybridized carbons (Fsp3) is 0.417. The van der Waals surface area contributed by atoms with Gasteiger partial charge in [-0.15, -0.1) is 0 Å². The zero-order valence-electron chi connectivity index (χ0n) is 17.1. The Hall–Kier alpha value is -2.66. The molecule has 0 unspecified atom stereocenters. The van der Waals surface area contributed by atoms with Crippen LogP contribution in [0.15, 0.2) is 54.6 Å². The fourth-order valence-electron chi connectivity index (χ4n) is 3.73. The normalized spacial score (nSPS) is 16.9. The van der Waals surface area contributed by atoms with E-state index >= 15 is 0 Å². The van der Waals surface area contributed by atoms with Crippen LogP contribution in [0, 0.1) is 0 Å². The number of nitrogens with zero attached hydrogens (tertiary/aromatic N) is 1. The molecule has 0 spiro atoms. The molecule has 154 valence electrons. The lowest BCUT2D eigenvalue weighted by atomic mass is 10.0. The highest BCUT2D eigenvalue weighted by molar-refractivity contribution is 5.94. The molecule has 0 saturated carbocycles. The second-order valence-corrected chi connectivity index (χ2v) is 7.67. The Bertz CT molecular complexity index is 790. The molecule has 1 atom stereocenters. The minimum atomic E-state index is -0.100. The number of carbonyl (C=O) groups is 2. The molecule has 1 aliphatic heterocycles. The largest absolute Gasteiger partial charge is 0.484 e. The Labute approximate surface area is 173 Å². The third-order valence-corrected chi connectivity index (χ3v) is 5.28. The number of ether oxygens (including phenoxy) is 1. The Morgan fingerprint density at radius 3 is 2.59 bits per heavy atom. The maximum Gasteiger partial charge on any atom is 0.258 e. The van der Waals surface area contributed by atoms with Gasteiger partial charge in [-0.1, -0.05) is 30.3 Å². The van der Waals surface area contributed by atoms with Gasteiger partial charge in [0, 0.05) is 18.2 Å². The molecule has 1 fully saturated rings. The van der Waals surface area contributed by atoms with E-state index in [1.54, 1.807) is 24.3 Å². The molecule has 3 rings (SSSR count). The standard InChI is InChI=1S/C24H30N2O3/c1-19(27)21-11-13-23(14-12-21)29-18-24(28)25-22-10-6-16-26(17-22)15-5-9-20-7-3-2-4-8-20/h2-4,7-8,11-14,22H,5-6,9-10,15-18H2,1H3,(H,25,28)/t22-/m1/s1. The third-order valence-electron chi connectivity index (χ3n) is 5.28. The summed E-state index contributed by atoms with van der Waals surface area (Å²) >= 11 is 0.